The smallest absolute Gasteiger partial charge is 0.394 e. The Balaban J connectivity index is 1.99. The van der Waals surface area contributed by atoms with Crippen molar-refractivity contribution in [1.82, 2.24) is 19.7 Å². The minimum Gasteiger partial charge on any atom is -0.394 e. The number of ether oxygens (including phenoxy) is 1. The zero-order chi connectivity index (χ0) is 22.3. The molecule has 1 saturated heterocycles. The standard InChI is InChI=1S/C17H16F6N4O3/c1-9-6-26(7-11(8-28)30-9)15(29)12-5-25-27(14(12)17(21,22)23)13-3-2-10(4-24-13)16(18,19)20/h2-5,9,11,28H,6-8H2,1H3/t9-,11-/m1/s1. The largest absolute Gasteiger partial charge is 0.434 e. The lowest BCUT2D eigenvalue weighted by Gasteiger charge is -2.36. The zero-order valence-electron chi connectivity index (χ0n) is 15.4. The Labute approximate surface area is 165 Å². The van der Waals surface area contributed by atoms with Crippen molar-refractivity contribution in [3.05, 3.63) is 41.3 Å². The second-order valence-electron chi connectivity index (χ2n) is 6.68. The number of aliphatic hydroxyl groups is 1. The van der Waals surface area contributed by atoms with Gasteiger partial charge in [0.1, 0.15) is 0 Å². The summed E-state index contributed by atoms with van der Waals surface area (Å²) in [6, 6.07) is 1.30. The van der Waals surface area contributed by atoms with Crippen molar-refractivity contribution in [2.45, 2.75) is 31.5 Å². The molecule has 0 bridgehead atoms. The minimum atomic E-state index is -5.04. The van der Waals surface area contributed by atoms with Gasteiger partial charge in [-0.3, -0.25) is 4.79 Å². The summed E-state index contributed by atoms with van der Waals surface area (Å²) >= 11 is 0. The minimum absolute atomic E-state index is 0.00363. The van der Waals surface area contributed by atoms with Gasteiger partial charge in [-0.1, -0.05) is 0 Å². The molecule has 1 fully saturated rings. The molecule has 2 aromatic heterocycles. The number of carbonyl (C=O) groups excluding carboxylic acids is 1. The van der Waals surface area contributed by atoms with Gasteiger partial charge in [-0.2, -0.15) is 31.4 Å². The van der Waals surface area contributed by atoms with Crippen molar-refractivity contribution in [1.29, 1.82) is 0 Å². The Morgan fingerprint density at radius 3 is 2.40 bits per heavy atom. The number of alkyl halides is 6. The molecule has 30 heavy (non-hydrogen) atoms. The Morgan fingerprint density at radius 2 is 1.87 bits per heavy atom. The summed E-state index contributed by atoms with van der Waals surface area (Å²) in [4.78, 5) is 17.3. The second-order valence-corrected chi connectivity index (χ2v) is 6.68. The van der Waals surface area contributed by atoms with Gasteiger partial charge < -0.3 is 14.7 Å². The predicted molar refractivity (Wildman–Crippen MR) is 88.7 cm³/mol. The number of amides is 1. The molecule has 2 aromatic rings. The summed E-state index contributed by atoms with van der Waals surface area (Å²) < 4.78 is 84.9. The molecule has 0 spiro atoms. The molecule has 0 aliphatic carbocycles. The van der Waals surface area contributed by atoms with Gasteiger partial charge in [0.2, 0.25) is 0 Å². The number of morpholine rings is 1. The number of hydrogen-bond acceptors (Lipinski definition) is 5. The summed E-state index contributed by atoms with van der Waals surface area (Å²) in [5.41, 5.74) is -3.38. The fourth-order valence-electron chi connectivity index (χ4n) is 3.11. The zero-order valence-corrected chi connectivity index (χ0v) is 15.4. The van der Waals surface area contributed by atoms with Crippen LogP contribution in [0.3, 0.4) is 0 Å². The highest BCUT2D eigenvalue weighted by atomic mass is 19.4. The molecule has 1 aliphatic heterocycles. The lowest BCUT2D eigenvalue weighted by Crippen LogP contribution is -2.50. The number of aromatic nitrogens is 3. The highest BCUT2D eigenvalue weighted by Gasteiger charge is 2.42. The highest BCUT2D eigenvalue weighted by molar-refractivity contribution is 5.95. The van der Waals surface area contributed by atoms with Crippen LogP contribution in [0, 0.1) is 0 Å². The van der Waals surface area contributed by atoms with E-state index < -0.39 is 59.7 Å². The number of nitrogens with zero attached hydrogens (tertiary/aromatic N) is 4. The van der Waals surface area contributed by atoms with Gasteiger partial charge in [0.05, 0.1) is 36.1 Å². The van der Waals surface area contributed by atoms with Crippen LogP contribution in [0.4, 0.5) is 26.3 Å². The van der Waals surface area contributed by atoms with E-state index in [0.29, 0.717) is 18.5 Å². The second kappa shape index (κ2) is 7.87. The van der Waals surface area contributed by atoms with Crippen LogP contribution < -0.4 is 0 Å². The molecule has 0 aromatic carbocycles. The van der Waals surface area contributed by atoms with Crippen molar-refractivity contribution in [3.8, 4) is 5.82 Å². The summed E-state index contributed by atoms with van der Waals surface area (Å²) in [6.07, 6.45) is -9.94. The number of pyridine rings is 1. The molecular weight excluding hydrogens is 422 g/mol. The average molecular weight is 438 g/mol. The topological polar surface area (TPSA) is 80.5 Å². The highest BCUT2D eigenvalue weighted by Crippen LogP contribution is 2.35. The van der Waals surface area contributed by atoms with Crippen LogP contribution in [0.5, 0.6) is 0 Å². The van der Waals surface area contributed by atoms with E-state index in [-0.39, 0.29) is 17.8 Å². The third-order valence-electron chi connectivity index (χ3n) is 4.38. The summed E-state index contributed by atoms with van der Waals surface area (Å²) in [7, 11) is 0. The molecule has 164 valence electrons. The first-order valence-electron chi connectivity index (χ1n) is 8.66. The fraction of sp³-hybridized carbons (Fsp3) is 0.471. The van der Waals surface area contributed by atoms with Crippen LogP contribution >= 0.6 is 0 Å². The summed E-state index contributed by atoms with van der Waals surface area (Å²) in [6.45, 7) is 1.05. The molecule has 7 nitrogen and oxygen atoms in total. The Kier molecular flexibility index (Phi) is 5.78. The monoisotopic (exact) mass is 438 g/mol. The van der Waals surface area contributed by atoms with E-state index in [1.807, 2.05) is 0 Å². The van der Waals surface area contributed by atoms with Crippen LogP contribution in [0.25, 0.3) is 5.82 Å². The molecule has 0 radical (unpaired) electrons. The Morgan fingerprint density at radius 1 is 1.17 bits per heavy atom. The van der Waals surface area contributed by atoms with Gasteiger partial charge in [-0.15, -0.1) is 0 Å². The van der Waals surface area contributed by atoms with E-state index in [0.717, 1.165) is 11.0 Å². The maximum atomic E-state index is 13.7. The molecule has 1 aliphatic rings. The number of hydrogen-bond donors (Lipinski definition) is 1. The molecule has 1 N–H and O–H groups in total. The van der Waals surface area contributed by atoms with Crippen molar-refractivity contribution >= 4 is 5.91 Å². The molecule has 0 unspecified atom stereocenters. The number of aliphatic hydroxyl groups excluding tert-OH is 1. The molecule has 1 amide bonds. The molecule has 2 atom stereocenters. The maximum Gasteiger partial charge on any atom is 0.434 e. The molecule has 0 saturated carbocycles. The molecule has 13 heteroatoms. The van der Waals surface area contributed by atoms with E-state index in [2.05, 4.69) is 10.1 Å². The van der Waals surface area contributed by atoms with Gasteiger partial charge >= 0.3 is 12.4 Å². The number of carbonyl (C=O) groups is 1. The van der Waals surface area contributed by atoms with Crippen molar-refractivity contribution in [2.75, 3.05) is 19.7 Å². The van der Waals surface area contributed by atoms with E-state index in [4.69, 9.17) is 4.74 Å². The Bertz CT molecular complexity index is 910. The van der Waals surface area contributed by atoms with E-state index >= 15 is 0 Å². The van der Waals surface area contributed by atoms with Crippen LogP contribution in [0.2, 0.25) is 0 Å². The Hall–Kier alpha value is -2.67. The van der Waals surface area contributed by atoms with Crippen molar-refractivity contribution in [2.24, 2.45) is 0 Å². The van der Waals surface area contributed by atoms with Gasteiger partial charge in [0, 0.05) is 19.3 Å². The van der Waals surface area contributed by atoms with Crippen LogP contribution in [0.1, 0.15) is 28.5 Å². The van der Waals surface area contributed by atoms with Crippen LogP contribution in [-0.2, 0) is 17.1 Å². The fourth-order valence-corrected chi connectivity index (χ4v) is 3.11. The molecule has 3 heterocycles. The maximum absolute atomic E-state index is 13.7. The first-order chi connectivity index (χ1) is 13.9. The van der Waals surface area contributed by atoms with Crippen molar-refractivity contribution < 1.29 is 41.0 Å². The number of rotatable bonds is 3. The SMILES string of the molecule is C[C@@H]1CN(C(=O)c2cnn(-c3ccc(C(F)(F)F)cn3)c2C(F)(F)F)C[C@H](CO)O1. The van der Waals surface area contributed by atoms with E-state index in [1.165, 1.54) is 0 Å². The third-order valence-corrected chi connectivity index (χ3v) is 4.38. The van der Waals surface area contributed by atoms with Gasteiger partial charge in [0.15, 0.2) is 11.5 Å². The average Bonchev–Trinajstić information content (AvgIpc) is 3.12. The lowest BCUT2D eigenvalue weighted by molar-refractivity contribution is -0.143. The van der Waals surface area contributed by atoms with E-state index in [1.54, 1.807) is 6.92 Å². The summed E-state index contributed by atoms with van der Waals surface area (Å²) in [5.74, 6) is -1.52. The third kappa shape index (κ3) is 4.41. The van der Waals surface area contributed by atoms with Crippen molar-refractivity contribution in [3.63, 3.8) is 0 Å². The normalized spacial score (nSPS) is 20.5. The first kappa shape index (κ1) is 22.0. The molecule has 3 rings (SSSR count). The van der Waals surface area contributed by atoms with Crippen LogP contribution in [-0.4, -0.2) is 62.6 Å². The van der Waals surface area contributed by atoms with E-state index in [9.17, 15) is 36.2 Å². The van der Waals surface area contributed by atoms with Gasteiger partial charge in [-0.25, -0.2) is 9.67 Å². The van der Waals surface area contributed by atoms with Crippen LogP contribution in [0.15, 0.2) is 24.5 Å². The lowest BCUT2D eigenvalue weighted by atomic mass is 10.1. The van der Waals surface area contributed by atoms with Gasteiger partial charge in [0.25, 0.3) is 5.91 Å². The number of halogens is 6. The molecular formula is C17H16F6N4O3. The first-order valence-corrected chi connectivity index (χ1v) is 8.66. The quantitative estimate of drug-likeness (QED) is 0.746. The summed E-state index contributed by atoms with van der Waals surface area (Å²) in [5, 5.41) is 12.8. The predicted octanol–water partition coefficient (Wildman–Crippen LogP) is 2.53. The van der Waals surface area contributed by atoms with Gasteiger partial charge in [-0.05, 0) is 19.1 Å².